The van der Waals surface area contributed by atoms with E-state index in [1.54, 1.807) is 6.08 Å². The standard InChI is InChI=1S/C54H99NO13/c1-3-5-7-9-11-13-15-17-19-20-21-22-23-24-26-28-30-32-34-36-38-46(59)55-42(43(58)37-35-33-31-29-27-25-18-16-14-12-10-8-6-4-2)41-65-53-51(64)49(62)52(45(40-57)67-53)68-54-50(63)48(61)47(60)44(39-56)66-54/h14,16,27,29,35,37,42-45,47-54,56-58,60-64H,3-13,15,17-26,28,30-34,36,38-41H2,1-2H3,(H,55,59)/b16-14+,29-27+,37-35+. The minimum atomic E-state index is -1.79. The van der Waals surface area contributed by atoms with Crippen LogP contribution in [-0.4, -0.2) is 140 Å². The van der Waals surface area contributed by atoms with Crippen LogP contribution in [0.5, 0.6) is 0 Å². The lowest BCUT2D eigenvalue weighted by Crippen LogP contribution is -2.65. The monoisotopic (exact) mass is 970 g/mol. The van der Waals surface area contributed by atoms with Gasteiger partial charge >= 0.3 is 0 Å². The van der Waals surface area contributed by atoms with Gasteiger partial charge in [-0.3, -0.25) is 4.79 Å². The van der Waals surface area contributed by atoms with Crippen LogP contribution in [0.25, 0.3) is 0 Å². The van der Waals surface area contributed by atoms with Crippen molar-refractivity contribution in [3.63, 3.8) is 0 Å². The van der Waals surface area contributed by atoms with Gasteiger partial charge in [-0.05, 0) is 44.9 Å². The van der Waals surface area contributed by atoms with Gasteiger partial charge in [-0.2, -0.15) is 0 Å². The third kappa shape index (κ3) is 27.1. The molecule has 2 saturated heterocycles. The summed E-state index contributed by atoms with van der Waals surface area (Å²) >= 11 is 0. The van der Waals surface area contributed by atoms with Crippen LogP contribution in [0.2, 0.25) is 0 Å². The predicted octanol–water partition coefficient (Wildman–Crippen LogP) is 7.88. The Bertz CT molecular complexity index is 1280. The van der Waals surface area contributed by atoms with Crippen LogP contribution in [0.1, 0.15) is 206 Å². The first-order chi connectivity index (χ1) is 33.1. The lowest BCUT2D eigenvalue weighted by molar-refractivity contribution is -0.359. The summed E-state index contributed by atoms with van der Waals surface area (Å²) in [6, 6.07) is -0.934. The largest absolute Gasteiger partial charge is 0.394 e. The summed E-state index contributed by atoms with van der Waals surface area (Å²) in [5.74, 6) is -0.252. The molecule has 0 aromatic heterocycles. The number of amides is 1. The third-order valence-electron chi connectivity index (χ3n) is 13.3. The molecule has 2 rings (SSSR count). The van der Waals surface area contributed by atoms with Crippen molar-refractivity contribution in [2.24, 2.45) is 0 Å². The van der Waals surface area contributed by atoms with Crippen LogP contribution in [-0.2, 0) is 23.7 Å². The van der Waals surface area contributed by atoms with E-state index in [-0.39, 0.29) is 18.9 Å². The number of allylic oxidation sites excluding steroid dienone is 5. The maximum absolute atomic E-state index is 13.2. The predicted molar refractivity (Wildman–Crippen MR) is 268 cm³/mol. The fraction of sp³-hybridized carbons (Fsp3) is 0.870. The molecule has 0 saturated carbocycles. The lowest BCUT2D eigenvalue weighted by atomic mass is 9.97. The van der Waals surface area contributed by atoms with Crippen molar-refractivity contribution in [1.29, 1.82) is 0 Å². The highest BCUT2D eigenvalue weighted by molar-refractivity contribution is 5.76. The highest BCUT2D eigenvalue weighted by Crippen LogP contribution is 2.30. The molecule has 2 fully saturated rings. The number of aliphatic hydroxyl groups excluding tert-OH is 8. The Hall–Kier alpha value is -1.79. The molecule has 0 spiro atoms. The van der Waals surface area contributed by atoms with Gasteiger partial charge in [0.25, 0.3) is 0 Å². The van der Waals surface area contributed by atoms with Crippen LogP contribution in [0.15, 0.2) is 36.5 Å². The van der Waals surface area contributed by atoms with E-state index in [2.05, 4.69) is 43.5 Å². The summed E-state index contributed by atoms with van der Waals surface area (Å²) in [4.78, 5) is 13.2. The van der Waals surface area contributed by atoms with Gasteiger partial charge in [0.15, 0.2) is 12.6 Å². The van der Waals surface area contributed by atoms with Gasteiger partial charge in [-0.1, -0.05) is 192 Å². The van der Waals surface area contributed by atoms with Crippen LogP contribution in [0.4, 0.5) is 0 Å². The van der Waals surface area contributed by atoms with Gasteiger partial charge < -0.3 is 65.1 Å². The fourth-order valence-electron chi connectivity index (χ4n) is 8.85. The van der Waals surface area contributed by atoms with Crippen molar-refractivity contribution in [2.45, 2.75) is 280 Å². The first kappa shape index (κ1) is 62.3. The Morgan fingerprint density at radius 1 is 0.515 bits per heavy atom. The fourth-order valence-corrected chi connectivity index (χ4v) is 8.85. The lowest BCUT2D eigenvalue weighted by Gasteiger charge is -2.46. The molecule has 14 nitrogen and oxygen atoms in total. The molecule has 398 valence electrons. The van der Waals surface area contributed by atoms with Gasteiger partial charge in [-0.15, -0.1) is 0 Å². The Kier molecular flexibility index (Phi) is 37.4. The molecule has 2 aliphatic rings. The van der Waals surface area contributed by atoms with Crippen molar-refractivity contribution in [3.8, 4) is 0 Å². The molecule has 14 heteroatoms. The third-order valence-corrected chi connectivity index (χ3v) is 13.3. The van der Waals surface area contributed by atoms with Crippen LogP contribution >= 0.6 is 0 Å². The molecule has 2 aliphatic heterocycles. The molecule has 0 radical (unpaired) electrons. The second-order valence-electron chi connectivity index (χ2n) is 19.3. The van der Waals surface area contributed by atoms with Gasteiger partial charge in [0.05, 0.1) is 32.0 Å². The van der Waals surface area contributed by atoms with Crippen molar-refractivity contribution >= 4 is 5.91 Å². The zero-order chi connectivity index (χ0) is 49.6. The number of carbonyl (C=O) groups excluding carboxylic acids is 1. The summed E-state index contributed by atoms with van der Waals surface area (Å²) in [6.45, 7) is 2.75. The van der Waals surface area contributed by atoms with Crippen LogP contribution in [0, 0.1) is 0 Å². The van der Waals surface area contributed by atoms with Crippen LogP contribution < -0.4 is 5.32 Å². The number of unbranched alkanes of at least 4 members (excludes halogenated alkanes) is 25. The second-order valence-corrected chi connectivity index (χ2v) is 19.3. The molecular formula is C54H99NO13. The Balaban J connectivity index is 1.81. The zero-order valence-electron chi connectivity index (χ0n) is 42.3. The number of ether oxygens (including phenoxy) is 4. The van der Waals surface area contributed by atoms with E-state index >= 15 is 0 Å². The number of nitrogens with one attached hydrogen (secondary N) is 1. The molecular weight excluding hydrogens is 871 g/mol. The number of hydrogen-bond acceptors (Lipinski definition) is 13. The summed E-state index contributed by atoms with van der Waals surface area (Å²) in [5.41, 5.74) is 0. The average molecular weight is 970 g/mol. The first-order valence-electron chi connectivity index (χ1n) is 27.2. The van der Waals surface area contributed by atoms with Crippen LogP contribution in [0.3, 0.4) is 0 Å². The molecule has 12 atom stereocenters. The molecule has 68 heavy (non-hydrogen) atoms. The van der Waals surface area contributed by atoms with Gasteiger partial charge in [0, 0.05) is 6.42 Å². The van der Waals surface area contributed by atoms with E-state index in [0.717, 1.165) is 44.9 Å². The highest BCUT2D eigenvalue weighted by Gasteiger charge is 2.51. The minimum absolute atomic E-state index is 0.252. The highest BCUT2D eigenvalue weighted by atomic mass is 16.7. The molecule has 0 aliphatic carbocycles. The normalized spacial score (nSPS) is 26.6. The minimum Gasteiger partial charge on any atom is -0.394 e. The Morgan fingerprint density at radius 2 is 0.941 bits per heavy atom. The Morgan fingerprint density at radius 3 is 1.44 bits per heavy atom. The quantitative estimate of drug-likeness (QED) is 0.0210. The maximum Gasteiger partial charge on any atom is 0.220 e. The molecule has 0 bridgehead atoms. The summed E-state index contributed by atoms with van der Waals surface area (Å²) in [6.07, 6.45) is 30.4. The first-order valence-corrected chi connectivity index (χ1v) is 27.2. The van der Waals surface area contributed by atoms with Crippen molar-refractivity contribution < 1.29 is 64.6 Å². The molecule has 1 amide bonds. The SMILES string of the molecule is CCCCCC/C=C/CC/C=C/CC/C=C/C(O)C(COC1OC(CO)C(OC2OC(CO)C(O)C(O)C2O)C(O)C1O)NC(=O)CCCCCCCCCCCCCCCCCCCCCC. The number of carbonyl (C=O) groups is 1. The molecule has 0 aromatic rings. The van der Waals surface area contributed by atoms with E-state index in [4.69, 9.17) is 18.9 Å². The number of rotatable bonds is 42. The molecule has 12 unspecified atom stereocenters. The Labute approximate surface area is 411 Å². The molecule has 9 N–H and O–H groups in total. The van der Waals surface area contributed by atoms with E-state index in [1.165, 1.54) is 128 Å². The van der Waals surface area contributed by atoms with Crippen molar-refractivity contribution in [3.05, 3.63) is 36.5 Å². The molecule has 0 aromatic carbocycles. The maximum atomic E-state index is 13.2. The van der Waals surface area contributed by atoms with Crippen molar-refractivity contribution in [1.82, 2.24) is 5.32 Å². The zero-order valence-corrected chi connectivity index (χ0v) is 42.3. The molecule has 2 heterocycles. The summed E-state index contributed by atoms with van der Waals surface area (Å²) < 4.78 is 22.7. The van der Waals surface area contributed by atoms with Gasteiger partial charge in [0.2, 0.25) is 5.91 Å². The summed E-state index contributed by atoms with van der Waals surface area (Å²) in [5, 5.41) is 86.8. The number of hydrogen-bond donors (Lipinski definition) is 9. The second kappa shape index (κ2) is 40.8. The smallest absolute Gasteiger partial charge is 0.220 e. The van der Waals surface area contributed by atoms with E-state index < -0.39 is 86.8 Å². The van der Waals surface area contributed by atoms with Crippen molar-refractivity contribution in [2.75, 3.05) is 19.8 Å². The van der Waals surface area contributed by atoms with Gasteiger partial charge in [0.1, 0.15) is 48.8 Å². The topological polar surface area (TPSA) is 228 Å². The van der Waals surface area contributed by atoms with E-state index in [9.17, 15) is 45.6 Å². The number of aliphatic hydroxyl groups is 8. The summed E-state index contributed by atoms with van der Waals surface area (Å²) in [7, 11) is 0. The van der Waals surface area contributed by atoms with E-state index in [0.29, 0.717) is 12.8 Å². The van der Waals surface area contributed by atoms with Gasteiger partial charge in [-0.25, -0.2) is 0 Å². The van der Waals surface area contributed by atoms with E-state index in [1.807, 2.05) is 6.08 Å². The average Bonchev–Trinajstić information content (AvgIpc) is 3.34.